The zero-order valence-electron chi connectivity index (χ0n) is 9.30. The SMILES string of the molecule is N#Cc1ccc2oc(Cn3ccnc3)c(Cl)c2c1. The molecule has 2 aromatic heterocycles. The van der Waals surface area contributed by atoms with E-state index in [0.717, 1.165) is 5.39 Å². The van der Waals surface area contributed by atoms with E-state index in [1.165, 1.54) is 0 Å². The minimum absolute atomic E-state index is 0.523. The molecule has 0 saturated heterocycles. The first-order valence-electron chi connectivity index (χ1n) is 5.34. The third kappa shape index (κ3) is 1.75. The first-order chi connectivity index (χ1) is 8.78. The van der Waals surface area contributed by atoms with Gasteiger partial charge in [0, 0.05) is 17.8 Å². The summed E-state index contributed by atoms with van der Waals surface area (Å²) in [6, 6.07) is 7.29. The molecule has 88 valence electrons. The number of nitrogens with zero attached hydrogens (tertiary/aromatic N) is 3. The molecule has 2 heterocycles. The van der Waals surface area contributed by atoms with Crippen LogP contribution < -0.4 is 0 Å². The van der Waals surface area contributed by atoms with Gasteiger partial charge in [-0.3, -0.25) is 0 Å². The number of nitriles is 1. The highest BCUT2D eigenvalue weighted by Gasteiger charge is 2.13. The van der Waals surface area contributed by atoms with Gasteiger partial charge in [-0.1, -0.05) is 11.6 Å². The second-order valence-corrected chi connectivity index (χ2v) is 4.27. The van der Waals surface area contributed by atoms with Gasteiger partial charge >= 0.3 is 0 Å². The van der Waals surface area contributed by atoms with Crippen molar-refractivity contribution in [1.29, 1.82) is 5.26 Å². The van der Waals surface area contributed by atoms with Crippen LogP contribution in [0.3, 0.4) is 0 Å². The largest absolute Gasteiger partial charge is 0.458 e. The van der Waals surface area contributed by atoms with Crippen LogP contribution in [-0.4, -0.2) is 9.55 Å². The standard InChI is InChI=1S/C13H8ClN3O/c14-13-10-5-9(6-15)1-2-11(10)18-12(13)7-17-4-3-16-8-17/h1-5,8H,7H2. The van der Waals surface area contributed by atoms with E-state index in [0.29, 0.717) is 28.5 Å². The zero-order valence-corrected chi connectivity index (χ0v) is 10.1. The van der Waals surface area contributed by atoms with E-state index >= 15 is 0 Å². The molecule has 0 aliphatic heterocycles. The molecule has 3 aromatic rings. The predicted octanol–water partition coefficient (Wildman–Crippen LogP) is 3.20. The molecular weight excluding hydrogens is 250 g/mol. The molecule has 0 unspecified atom stereocenters. The molecule has 0 N–H and O–H groups in total. The van der Waals surface area contributed by atoms with Gasteiger partial charge in [0.15, 0.2) is 0 Å². The summed E-state index contributed by atoms with van der Waals surface area (Å²) in [6.07, 6.45) is 5.23. The van der Waals surface area contributed by atoms with Gasteiger partial charge in [0.1, 0.15) is 11.3 Å². The average Bonchev–Trinajstić information content (AvgIpc) is 2.99. The van der Waals surface area contributed by atoms with Crippen molar-refractivity contribution in [3.8, 4) is 6.07 Å². The summed E-state index contributed by atoms with van der Waals surface area (Å²) >= 11 is 6.27. The number of imidazole rings is 1. The van der Waals surface area contributed by atoms with Crippen molar-refractivity contribution in [1.82, 2.24) is 9.55 Å². The van der Waals surface area contributed by atoms with E-state index in [1.54, 1.807) is 30.7 Å². The maximum Gasteiger partial charge on any atom is 0.143 e. The van der Waals surface area contributed by atoms with Gasteiger partial charge in [-0.15, -0.1) is 0 Å². The molecule has 0 spiro atoms. The lowest BCUT2D eigenvalue weighted by Crippen LogP contribution is -1.94. The number of aromatic nitrogens is 2. The van der Waals surface area contributed by atoms with Gasteiger partial charge in [0.2, 0.25) is 0 Å². The highest BCUT2D eigenvalue weighted by Crippen LogP contribution is 2.31. The Morgan fingerprint density at radius 2 is 2.33 bits per heavy atom. The highest BCUT2D eigenvalue weighted by molar-refractivity contribution is 6.36. The van der Waals surface area contributed by atoms with E-state index in [4.69, 9.17) is 21.3 Å². The maximum atomic E-state index is 8.87. The lowest BCUT2D eigenvalue weighted by Gasteiger charge is -1.97. The Labute approximate surface area is 108 Å². The number of benzene rings is 1. The Balaban J connectivity index is 2.09. The molecule has 1 aromatic carbocycles. The van der Waals surface area contributed by atoms with Gasteiger partial charge in [0.25, 0.3) is 0 Å². The van der Waals surface area contributed by atoms with E-state index in [1.807, 2.05) is 10.8 Å². The quantitative estimate of drug-likeness (QED) is 0.708. The molecule has 0 radical (unpaired) electrons. The summed E-state index contributed by atoms with van der Waals surface area (Å²) in [6.45, 7) is 0.523. The lowest BCUT2D eigenvalue weighted by atomic mass is 10.2. The zero-order chi connectivity index (χ0) is 12.5. The summed E-state index contributed by atoms with van der Waals surface area (Å²) in [7, 11) is 0. The van der Waals surface area contributed by atoms with E-state index < -0.39 is 0 Å². The number of hydrogen-bond donors (Lipinski definition) is 0. The van der Waals surface area contributed by atoms with Gasteiger partial charge in [-0.05, 0) is 18.2 Å². The molecule has 5 heteroatoms. The number of hydrogen-bond acceptors (Lipinski definition) is 3. The van der Waals surface area contributed by atoms with Crippen LogP contribution in [0.2, 0.25) is 5.02 Å². The predicted molar refractivity (Wildman–Crippen MR) is 67.3 cm³/mol. The Kier molecular flexibility index (Phi) is 2.54. The summed E-state index contributed by atoms with van der Waals surface area (Å²) in [5, 5.41) is 10.2. The van der Waals surface area contributed by atoms with Gasteiger partial charge in [0.05, 0.1) is 29.5 Å². The maximum absolute atomic E-state index is 8.87. The number of rotatable bonds is 2. The molecule has 0 aliphatic rings. The smallest absolute Gasteiger partial charge is 0.143 e. The van der Waals surface area contributed by atoms with E-state index in [9.17, 15) is 0 Å². The molecule has 3 rings (SSSR count). The fourth-order valence-corrected chi connectivity index (χ4v) is 2.08. The van der Waals surface area contributed by atoms with Crippen LogP contribution in [0.15, 0.2) is 41.3 Å². The van der Waals surface area contributed by atoms with Crippen molar-refractivity contribution >= 4 is 22.6 Å². The molecule has 18 heavy (non-hydrogen) atoms. The molecule has 0 amide bonds. The number of fused-ring (bicyclic) bond motifs is 1. The summed E-state index contributed by atoms with van der Waals surface area (Å²) in [5.41, 5.74) is 1.26. The topological polar surface area (TPSA) is 54.8 Å². The van der Waals surface area contributed by atoms with Crippen molar-refractivity contribution in [2.24, 2.45) is 0 Å². The normalized spacial score (nSPS) is 10.7. The molecule has 0 saturated carbocycles. The van der Waals surface area contributed by atoms with E-state index in [-0.39, 0.29) is 0 Å². The van der Waals surface area contributed by atoms with Crippen LogP contribution >= 0.6 is 11.6 Å². The van der Waals surface area contributed by atoms with Crippen LogP contribution in [0.5, 0.6) is 0 Å². The van der Waals surface area contributed by atoms with Gasteiger partial charge in [-0.2, -0.15) is 5.26 Å². The minimum Gasteiger partial charge on any atom is -0.458 e. The monoisotopic (exact) mass is 257 g/mol. The Morgan fingerprint density at radius 1 is 1.44 bits per heavy atom. The second kappa shape index (κ2) is 4.21. The third-order valence-corrected chi connectivity index (χ3v) is 3.12. The number of halogens is 1. The Morgan fingerprint density at radius 3 is 3.06 bits per heavy atom. The van der Waals surface area contributed by atoms with Crippen molar-refractivity contribution in [3.63, 3.8) is 0 Å². The summed E-state index contributed by atoms with van der Waals surface area (Å²) < 4.78 is 7.55. The fourth-order valence-electron chi connectivity index (χ4n) is 1.84. The molecule has 0 atom stereocenters. The van der Waals surface area contributed by atoms with Crippen molar-refractivity contribution in [3.05, 3.63) is 53.3 Å². The van der Waals surface area contributed by atoms with Crippen LogP contribution in [0.4, 0.5) is 0 Å². The van der Waals surface area contributed by atoms with Crippen LogP contribution in [-0.2, 0) is 6.54 Å². The molecule has 0 fully saturated rings. The van der Waals surface area contributed by atoms with Crippen molar-refractivity contribution < 1.29 is 4.42 Å². The first-order valence-corrected chi connectivity index (χ1v) is 5.72. The van der Waals surface area contributed by atoms with Crippen molar-refractivity contribution in [2.45, 2.75) is 6.54 Å². The Hall–Kier alpha value is -2.25. The molecule has 4 nitrogen and oxygen atoms in total. The number of furan rings is 1. The van der Waals surface area contributed by atoms with Crippen molar-refractivity contribution in [2.75, 3.05) is 0 Å². The molecule has 0 aliphatic carbocycles. The van der Waals surface area contributed by atoms with Crippen LogP contribution in [0, 0.1) is 11.3 Å². The van der Waals surface area contributed by atoms with Gasteiger partial charge < -0.3 is 8.98 Å². The molecule has 0 bridgehead atoms. The average molecular weight is 258 g/mol. The minimum atomic E-state index is 0.523. The van der Waals surface area contributed by atoms with Gasteiger partial charge in [-0.25, -0.2) is 4.98 Å². The van der Waals surface area contributed by atoms with Crippen LogP contribution in [0.1, 0.15) is 11.3 Å². The fraction of sp³-hybridized carbons (Fsp3) is 0.0769. The lowest BCUT2D eigenvalue weighted by molar-refractivity contribution is 0.528. The Bertz CT molecular complexity index is 738. The highest BCUT2D eigenvalue weighted by atomic mass is 35.5. The third-order valence-electron chi connectivity index (χ3n) is 2.71. The van der Waals surface area contributed by atoms with E-state index in [2.05, 4.69) is 11.1 Å². The molecular formula is C13H8ClN3O. The van der Waals surface area contributed by atoms with Crippen LogP contribution in [0.25, 0.3) is 11.0 Å². The second-order valence-electron chi connectivity index (χ2n) is 3.90. The summed E-state index contributed by atoms with van der Waals surface area (Å²) in [5.74, 6) is 0.666. The summed E-state index contributed by atoms with van der Waals surface area (Å²) in [4.78, 5) is 3.96. The first kappa shape index (κ1) is 10.9.